The molecular weight excluding hydrogens is 590 g/mol. The van der Waals surface area contributed by atoms with Crippen LogP contribution in [0.25, 0.3) is 28.4 Å². The van der Waals surface area contributed by atoms with E-state index < -0.39 is 46.4 Å². The van der Waals surface area contributed by atoms with Crippen molar-refractivity contribution < 1.29 is 35.9 Å². The summed E-state index contributed by atoms with van der Waals surface area (Å²) in [4.78, 5) is 22.6. The zero-order chi connectivity index (χ0) is 31.1. The van der Waals surface area contributed by atoms with Crippen molar-refractivity contribution in [3.05, 3.63) is 101 Å². The maximum atomic E-state index is 15.4. The van der Waals surface area contributed by atoms with E-state index in [1.807, 2.05) is 0 Å². The highest BCUT2D eigenvalue weighted by molar-refractivity contribution is 5.98. The van der Waals surface area contributed by atoms with Crippen molar-refractivity contribution >= 4 is 28.8 Å². The van der Waals surface area contributed by atoms with Crippen LogP contribution in [0, 0.1) is 34.9 Å². The van der Waals surface area contributed by atoms with Gasteiger partial charge in [0.05, 0.1) is 11.4 Å². The molecule has 6 rings (SSSR count). The molecule has 224 valence electrons. The normalized spacial score (nSPS) is 15.0. The van der Waals surface area contributed by atoms with E-state index in [1.165, 1.54) is 35.3 Å². The molecule has 1 atom stereocenters. The second-order valence-electron chi connectivity index (χ2n) is 9.87. The van der Waals surface area contributed by atoms with E-state index in [4.69, 9.17) is 10.5 Å². The van der Waals surface area contributed by atoms with Crippen molar-refractivity contribution in [3.8, 4) is 22.8 Å². The summed E-state index contributed by atoms with van der Waals surface area (Å²) in [5, 5.41) is 4.77. The van der Waals surface area contributed by atoms with Gasteiger partial charge in [0.2, 0.25) is 23.3 Å². The molecule has 0 aliphatic carbocycles. The number of ether oxygens (including phenoxy) is 1. The van der Waals surface area contributed by atoms with Crippen molar-refractivity contribution in [2.75, 3.05) is 18.8 Å². The summed E-state index contributed by atoms with van der Waals surface area (Å²) in [6, 6.07) is 8.76. The molecule has 2 N–H and O–H groups in total. The third-order valence-electron chi connectivity index (χ3n) is 7.14. The Kier molecular flexibility index (Phi) is 7.41. The number of nitrogens with zero attached hydrogens (tertiary/aromatic N) is 5. The Bertz CT molecular complexity index is 1940. The minimum Gasteiger partial charge on any atom is -0.451 e. The number of anilines is 1. The van der Waals surface area contributed by atoms with Gasteiger partial charge in [-0.3, -0.25) is 4.79 Å². The van der Waals surface area contributed by atoms with Crippen LogP contribution >= 0.6 is 0 Å². The Labute approximate surface area is 245 Å². The molecule has 3 aromatic carbocycles. The lowest BCUT2D eigenvalue weighted by Crippen LogP contribution is -2.27. The standard InChI is InChI=1S/C30H20F6N6O2/c31-19-4-2-1-3-15(19)5-8-23(43)41-10-9-16(13-41)42-30-24(29(37)38-14-39-30)27(40-42)18-7-6-17(11-20(18)32)44-28-25(35)21(33)12-22(34)26(28)36/h1-8,11-12,14,16H,9-10,13H2,(H2,37,38,39). The number of fused-ring (bicyclic) bond motifs is 1. The first-order chi connectivity index (χ1) is 21.1. The molecule has 0 radical (unpaired) electrons. The Morgan fingerprint density at radius 1 is 0.932 bits per heavy atom. The fourth-order valence-corrected chi connectivity index (χ4v) is 4.97. The average Bonchev–Trinajstić information content (AvgIpc) is 3.64. The quantitative estimate of drug-likeness (QED) is 0.140. The number of hydrogen-bond donors (Lipinski definition) is 1. The average molecular weight is 611 g/mol. The van der Waals surface area contributed by atoms with E-state index >= 15 is 4.39 Å². The monoisotopic (exact) mass is 610 g/mol. The van der Waals surface area contributed by atoms with E-state index in [9.17, 15) is 26.7 Å². The van der Waals surface area contributed by atoms with Gasteiger partial charge in [-0.2, -0.15) is 13.9 Å². The summed E-state index contributed by atoms with van der Waals surface area (Å²) in [6.45, 7) is 0.577. The number of amides is 1. The number of hydrogen-bond acceptors (Lipinski definition) is 6. The molecule has 44 heavy (non-hydrogen) atoms. The Hall–Kier alpha value is -5.40. The molecule has 8 nitrogen and oxygen atoms in total. The van der Waals surface area contributed by atoms with Crippen molar-refractivity contribution in [2.45, 2.75) is 12.5 Å². The summed E-state index contributed by atoms with van der Waals surface area (Å²) in [5.74, 6) is -10.5. The molecule has 1 aliphatic heterocycles. The van der Waals surface area contributed by atoms with Crippen LogP contribution in [0.2, 0.25) is 0 Å². The van der Waals surface area contributed by atoms with E-state index in [0.717, 1.165) is 12.1 Å². The molecule has 2 aromatic heterocycles. The van der Waals surface area contributed by atoms with Crippen LogP contribution in [0.4, 0.5) is 32.2 Å². The smallest absolute Gasteiger partial charge is 0.246 e. The Morgan fingerprint density at radius 3 is 2.41 bits per heavy atom. The van der Waals surface area contributed by atoms with Crippen LogP contribution in [0.1, 0.15) is 18.0 Å². The van der Waals surface area contributed by atoms with Gasteiger partial charge in [0.25, 0.3) is 0 Å². The minimum absolute atomic E-state index is 0.00546. The summed E-state index contributed by atoms with van der Waals surface area (Å²) in [7, 11) is 0. The molecule has 0 bridgehead atoms. The van der Waals surface area contributed by atoms with Crippen LogP contribution in [0.3, 0.4) is 0 Å². The molecule has 5 aromatic rings. The van der Waals surface area contributed by atoms with Gasteiger partial charge in [0, 0.05) is 42.4 Å². The van der Waals surface area contributed by atoms with Crippen molar-refractivity contribution in [2.24, 2.45) is 0 Å². The highest BCUT2D eigenvalue weighted by atomic mass is 19.2. The molecule has 1 amide bonds. The van der Waals surface area contributed by atoms with E-state index in [-0.39, 0.29) is 58.2 Å². The summed E-state index contributed by atoms with van der Waals surface area (Å²) in [6.07, 6.45) is 4.35. The van der Waals surface area contributed by atoms with E-state index in [0.29, 0.717) is 13.0 Å². The highest BCUT2D eigenvalue weighted by Gasteiger charge is 2.31. The van der Waals surface area contributed by atoms with Crippen LogP contribution in [0.15, 0.2) is 60.9 Å². The number of likely N-dealkylation sites (tertiary alicyclic amines) is 1. The number of carbonyl (C=O) groups excluding carboxylic acids is 1. The summed E-state index contributed by atoms with van der Waals surface area (Å²) >= 11 is 0. The number of rotatable bonds is 6. The van der Waals surface area contributed by atoms with Gasteiger partial charge in [-0.05, 0) is 30.7 Å². The van der Waals surface area contributed by atoms with Crippen LogP contribution in [-0.4, -0.2) is 43.6 Å². The largest absolute Gasteiger partial charge is 0.451 e. The lowest BCUT2D eigenvalue weighted by molar-refractivity contribution is -0.125. The number of benzene rings is 3. The van der Waals surface area contributed by atoms with Crippen LogP contribution in [-0.2, 0) is 4.79 Å². The highest BCUT2D eigenvalue weighted by Crippen LogP contribution is 2.37. The maximum Gasteiger partial charge on any atom is 0.246 e. The fraction of sp³-hybridized carbons (Fsp3) is 0.133. The lowest BCUT2D eigenvalue weighted by Gasteiger charge is -2.15. The number of nitrogen functional groups attached to an aromatic ring is 1. The Morgan fingerprint density at radius 2 is 1.68 bits per heavy atom. The zero-order valence-electron chi connectivity index (χ0n) is 22.4. The van der Waals surface area contributed by atoms with Gasteiger partial charge < -0.3 is 15.4 Å². The van der Waals surface area contributed by atoms with Crippen LogP contribution in [0.5, 0.6) is 11.5 Å². The molecule has 14 heteroatoms. The first-order valence-electron chi connectivity index (χ1n) is 13.1. The molecule has 1 aliphatic rings. The van der Waals surface area contributed by atoms with E-state index in [1.54, 1.807) is 23.1 Å². The first-order valence-corrected chi connectivity index (χ1v) is 13.1. The number of aromatic nitrogens is 4. The van der Waals surface area contributed by atoms with Gasteiger partial charge in [0.1, 0.15) is 35.2 Å². The Balaban J connectivity index is 1.29. The maximum absolute atomic E-state index is 15.4. The van der Waals surface area contributed by atoms with Crippen molar-refractivity contribution in [3.63, 3.8) is 0 Å². The van der Waals surface area contributed by atoms with Gasteiger partial charge in [0.15, 0.2) is 17.3 Å². The van der Waals surface area contributed by atoms with Gasteiger partial charge in [-0.25, -0.2) is 32.2 Å². The molecule has 1 saturated heterocycles. The molecule has 0 spiro atoms. The minimum atomic E-state index is -1.78. The third-order valence-corrected chi connectivity index (χ3v) is 7.14. The molecular formula is C30H20F6N6O2. The van der Waals surface area contributed by atoms with Gasteiger partial charge in [-0.15, -0.1) is 0 Å². The van der Waals surface area contributed by atoms with Crippen LogP contribution < -0.4 is 10.5 Å². The fourth-order valence-electron chi connectivity index (χ4n) is 4.97. The van der Waals surface area contributed by atoms with Crippen molar-refractivity contribution in [1.29, 1.82) is 0 Å². The predicted octanol–water partition coefficient (Wildman–Crippen LogP) is 6.19. The number of halogens is 6. The lowest BCUT2D eigenvalue weighted by atomic mass is 10.1. The third kappa shape index (κ3) is 5.18. The van der Waals surface area contributed by atoms with E-state index in [2.05, 4.69) is 15.1 Å². The second-order valence-corrected chi connectivity index (χ2v) is 9.87. The van der Waals surface area contributed by atoms with Gasteiger partial charge in [-0.1, -0.05) is 18.2 Å². The predicted molar refractivity (Wildman–Crippen MR) is 147 cm³/mol. The zero-order valence-corrected chi connectivity index (χ0v) is 22.4. The molecule has 1 unspecified atom stereocenters. The topological polar surface area (TPSA) is 99.2 Å². The van der Waals surface area contributed by atoms with Crippen molar-refractivity contribution in [1.82, 2.24) is 24.6 Å². The second kappa shape index (κ2) is 11.4. The summed E-state index contributed by atoms with van der Waals surface area (Å²) < 4.78 is 91.1. The number of nitrogens with two attached hydrogens (primary N) is 1. The molecule has 1 fully saturated rings. The SMILES string of the molecule is Nc1ncnc2c1c(-c1ccc(Oc3c(F)c(F)cc(F)c3F)cc1F)nn2C1CCN(C(=O)C=Cc2ccccc2F)C1. The summed E-state index contributed by atoms with van der Waals surface area (Å²) in [5.41, 5.74) is 6.60. The molecule has 0 saturated carbocycles. The number of carbonyl (C=O) groups is 1. The van der Waals surface area contributed by atoms with Gasteiger partial charge >= 0.3 is 0 Å². The molecule has 3 heterocycles. The first kappa shape index (κ1) is 28.7.